The number of nitrogens with zero attached hydrogens (tertiary/aromatic N) is 2. The molecule has 0 unspecified atom stereocenters. The van der Waals surface area contributed by atoms with Gasteiger partial charge in [-0.1, -0.05) is 0 Å². The van der Waals surface area contributed by atoms with Crippen LogP contribution in [0, 0.1) is 5.92 Å². The lowest BCUT2D eigenvalue weighted by Gasteiger charge is -2.22. The van der Waals surface area contributed by atoms with Crippen molar-refractivity contribution in [3.63, 3.8) is 0 Å². The second-order valence-corrected chi connectivity index (χ2v) is 4.00. The molecular weight excluding hydrogens is 204 g/mol. The summed E-state index contributed by atoms with van der Waals surface area (Å²) in [7, 11) is 0. The van der Waals surface area contributed by atoms with E-state index in [1.54, 1.807) is 12.3 Å². The van der Waals surface area contributed by atoms with Crippen molar-refractivity contribution in [1.29, 1.82) is 0 Å². The Morgan fingerprint density at radius 2 is 2.31 bits per heavy atom. The molecule has 0 atom stereocenters. The highest BCUT2D eigenvalue weighted by Gasteiger charge is 2.14. The van der Waals surface area contributed by atoms with Gasteiger partial charge in [0.25, 0.3) is 5.91 Å². The average molecular weight is 220 g/mol. The third-order valence-corrected chi connectivity index (χ3v) is 2.82. The first kappa shape index (κ1) is 11.0. The van der Waals surface area contributed by atoms with E-state index in [-0.39, 0.29) is 5.91 Å². The highest BCUT2D eigenvalue weighted by atomic mass is 16.1. The van der Waals surface area contributed by atoms with Gasteiger partial charge in [-0.2, -0.15) is 0 Å². The molecule has 0 radical (unpaired) electrons. The minimum absolute atomic E-state index is 0.110. The van der Waals surface area contributed by atoms with Crippen LogP contribution in [0.3, 0.4) is 0 Å². The van der Waals surface area contributed by atoms with E-state index in [2.05, 4.69) is 20.6 Å². The largest absolute Gasteiger partial charge is 0.350 e. The second kappa shape index (κ2) is 5.55. The van der Waals surface area contributed by atoms with Gasteiger partial charge in [0, 0.05) is 12.7 Å². The maximum atomic E-state index is 11.7. The lowest BCUT2D eigenvalue weighted by Crippen LogP contribution is -2.36. The fraction of sp³-hybridized carbons (Fsp3) is 0.545. The van der Waals surface area contributed by atoms with Gasteiger partial charge in [-0.25, -0.2) is 9.97 Å². The molecule has 0 spiro atoms. The molecule has 0 saturated carbocycles. The molecule has 0 aliphatic carbocycles. The van der Waals surface area contributed by atoms with Crippen molar-refractivity contribution in [2.45, 2.75) is 12.8 Å². The fourth-order valence-corrected chi connectivity index (χ4v) is 1.84. The molecule has 0 aromatic carbocycles. The van der Waals surface area contributed by atoms with Crippen molar-refractivity contribution in [2.24, 2.45) is 5.92 Å². The summed E-state index contributed by atoms with van der Waals surface area (Å²) in [4.78, 5) is 19.4. The summed E-state index contributed by atoms with van der Waals surface area (Å²) in [5.41, 5.74) is 0.434. The van der Waals surface area contributed by atoms with Crippen LogP contribution in [0.5, 0.6) is 0 Å². The SMILES string of the molecule is O=C(NCC1CCNCC1)c1ccncn1. The molecule has 0 bridgehead atoms. The number of carbonyl (C=O) groups excluding carboxylic acids is 1. The van der Waals surface area contributed by atoms with Gasteiger partial charge >= 0.3 is 0 Å². The maximum Gasteiger partial charge on any atom is 0.270 e. The van der Waals surface area contributed by atoms with Gasteiger partial charge in [0.15, 0.2) is 0 Å². The molecule has 2 heterocycles. The van der Waals surface area contributed by atoms with Gasteiger partial charge in [-0.05, 0) is 37.9 Å². The number of hydrogen-bond donors (Lipinski definition) is 2. The summed E-state index contributed by atoms with van der Waals surface area (Å²) in [5.74, 6) is 0.480. The highest BCUT2D eigenvalue weighted by Crippen LogP contribution is 2.09. The zero-order chi connectivity index (χ0) is 11.2. The molecule has 86 valence electrons. The molecule has 1 aromatic rings. The molecule has 2 rings (SSSR count). The average Bonchev–Trinajstić information content (AvgIpc) is 2.38. The van der Waals surface area contributed by atoms with Crippen LogP contribution in [0.25, 0.3) is 0 Å². The van der Waals surface area contributed by atoms with Crippen molar-refractivity contribution in [3.05, 3.63) is 24.3 Å². The molecule has 1 aliphatic heterocycles. The van der Waals surface area contributed by atoms with Crippen LogP contribution in [0.4, 0.5) is 0 Å². The molecule has 5 nitrogen and oxygen atoms in total. The van der Waals surface area contributed by atoms with Crippen molar-refractivity contribution >= 4 is 5.91 Å². The van der Waals surface area contributed by atoms with Gasteiger partial charge in [-0.15, -0.1) is 0 Å². The van der Waals surface area contributed by atoms with E-state index < -0.39 is 0 Å². The molecule has 1 aliphatic rings. The number of piperidine rings is 1. The van der Waals surface area contributed by atoms with Crippen LogP contribution in [0.1, 0.15) is 23.3 Å². The van der Waals surface area contributed by atoms with E-state index in [1.165, 1.54) is 6.33 Å². The van der Waals surface area contributed by atoms with Crippen molar-refractivity contribution < 1.29 is 4.79 Å². The van der Waals surface area contributed by atoms with Crippen molar-refractivity contribution in [1.82, 2.24) is 20.6 Å². The van der Waals surface area contributed by atoms with Gasteiger partial charge < -0.3 is 10.6 Å². The Hall–Kier alpha value is -1.49. The van der Waals surface area contributed by atoms with Crippen LogP contribution in [-0.2, 0) is 0 Å². The third-order valence-electron chi connectivity index (χ3n) is 2.82. The van der Waals surface area contributed by atoms with Gasteiger partial charge in [0.2, 0.25) is 0 Å². The molecule has 5 heteroatoms. The predicted molar refractivity (Wildman–Crippen MR) is 60.0 cm³/mol. The first-order valence-corrected chi connectivity index (χ1v) is 5.61. The summed E-state index contributed by atoms with van der Waals surface area (Å²) in [6.07, 6.45) is 5.22. The summed E-state index contributed by atoms with van der Waals surface area (Å²) < 4.78 is 0. The van der Waals surface area contributed by atoms with Crippen LogP contribution >= 0.6 is 0 Å². The molecule has 2 N–H and O–H groups in total. The Labute approximate surface area is 94.7 Å². The van der Waals surface area contributed by atoms with Crippen LogP contribution < -0.4 is 10.6 Å². The summed E-state index contributed by atoms with van der Waals surface area (Å²) in [5, 5.41) is 6.21. The Morgan fingerprint density at radius 1 is 1.50 bits per heavy atom. The predicted octanol–water partition coefficient (Wildman–Crippen LogP) is 0.206. The molecule has 1 fully saturated rings. The van der Waals surface area contributed by atoms with Crippen molar-refractivity contribution in [3.8, 4) is 0 Å². The summed E-state index contributed by atoms with van der Waals surface area (Å²) in [6.45, 7) is 2.84. The van der Waals surface area contributed by atoms with Gasteiger partial charge in [0.1, 0.15) is 12.0 Å². The fourth-order valence-electron chi connectivity index (χ4n) is 1.84. The topological polar surface area (TPSA) is 66.9 Å². The third kappa shape index (κ3) is 3.00. The quantitative estimate of drug-likeness (QED) is 0.764. The Kier molecular flexibility index (Phi) is 3.82. The standard InChI is InChI=1S/C11H16N4O/c16-11(10-3-6-13-8-15-10)14-7-9-1-4-12-5-2-9/h3,6,8-9,12H,1-2,4-5,7H2,(H,14,16). The van der Waals surface area contributed by atoms with E-state index in [1.807, 2.05) is 0 Å². The van der Waals surface area contributed by atoms with E-state index in [0.717, 1.165) is 32.5 Å². The monoisotopic (exact) mass is 220 g/mol. The first-order valence-electron chi connectivity index (χ1n) is 5.61. The second-order valence-electron chi connectivity index (χ2n) is 4.00. The number of rotatable bonds is 3. The Bertz CT molecular complexity index is 335. The van der Waals surface area contributed by atoms with E-state index >= 15 is 0 Å². The number of amides is 1. The number of aromatic nitrogens is 2. The van der Waals surface area contributed by atoms with Crippen molar-refractivity contribution in [2.75, 3.05) is 19.6 Å². The van der Waals surface area contributed by atoms with E-state index in [9.17, 15) is 4.79 Å². The summed E-state index contributed by atoms with van der Waals surface area (Å²) >= 11 is 0. The molecule has 16 heavy (non-hydrogen) atoms. The molecule has 1 aromatic heterocycles. The maximum absolute atomic E-state index is 11.7. The van der Waals surface area contributed by atoms with Crippen LogP contribution in [0.2, 0.25) is 0 Å². The number of carbonyl (C=O) groups is 1. The van der Waals surface area contributed by atoms with Gasteiger partial charge in [0.05, 0.1) is 0 Å². The minimum atomic E-state index is -0.110. The van der Waals surface area contributed by atoms with Crippen LogP contribution in [-0.4, -0.2) is 35.5 Å². The lowest BCUT2D eigenvalue weighted by molar-refractivity contribution is 0.0939. The first-order chi connectivity index (χ1) is 7.86. The molecular formula is C11H16N4O. The smallest absolute Gasteiger partial charge is 0.270 e. The van der Waals surface area contributed by atoms with Crippen LogP contribution in [0.15, 0.2) is 18.6 Å². The highest BCUT2D eigenvalue weighted by molar-refractivity contribution is 5.91. The zero-order valence-electron chi connectivity index (χ0n) is 9.15. The lowest BCUT2D eigenvalue weighted by atomic mass is 9.98. The molecule has 1 saturated heterocycles. The Balaban J connectivity index is 1.79. The Morgan fingerprint density at radius 3 is 3.00 bits per heavy atom. The minimum Gasteiger partial charge on any atom is -0.350 e. The molecule has 1 amide bonds. The summed E-state index contributed by atoms with van der Waals surface area (Å²) in [6, 6.07) is 1.62. The van der Waals surface area contributed by atoms with Gasteiger partial charge in [-0.3, -0.25) is 4.79 Å². The van der Waals surface area contributed by atoms with E-state index in [4.69, 9.17) is 0 Å². The number of nitrogens with one attached hydrogen (secondary N) is 2. The zero-order valence-corrected chi connectivity index (χ0v) is 9.15. The van der Waals surface area contributed by atoms with E-state index in [0.29, 0.717) is 11.6 Å². The number of hydrogen-bond acceptors (Lipinski definition) is 4. The normalized spacial score (nSPS) is 17.0.